The third-order valence-corrected chi connectivity index (χ3v) is 8.55. The number of aromatic amines is 2. The normalized spacial score (nSPS) is 13.7. The van der Waals surface area contributed by atoms with E-state index in [1.807, 2.05) is 85.2 Å². The molecule has 2 atom stereocenters. The minimum Gasteiger partial charge on any atom is -0.380 e. The van der Waals surface area contributed by atoms with E-state index in [0.717, 1.165) is 44.5 Å². The predicted molar refractivity (Wildman–Crippen MR) is 184 cm³/mol. The lowest BCUT2D eigenvalue weighted by atomic mass is 9.83. The Morgan fingerprint density at radius 1 is 0.500 bits per heavy atom. The van der Waals surface area contributed by atoms with Gasteiger partial charge in [0, 0.05) is 33.6 Å². The van der Waals surface area contributed by atoms with Gasteiger partial charge in [-0.2, -0.15) is 10.2 Å². The maximum atomic E-state index is 11.2. The number of H-pyrrole nitrogens is 2. The summed E-state index contributed by atoms with van der Waals surface area (Å²) in [6, 6.07) is 30.0. The first-order valence-electron chi connectivity index (χ1n) is 14.8. The summed E-state index contributed by atoms with van der Waals surface area (Å²) >= 11 is 11.9. The molecule has 0 aliphatic rings. The Morgan fingerprint density at radius 2 is 0.804 bits per heavy atom. The highest BCUT2D eigenvalue weighted by atomic mass is 35.5. The van der Waals surface area contributed by atoms with Gasteiger partial charge in [0.1, 0.15) is 11.2 Å². The van der Waals surface area contributed by atoms with Crippen LogP contribution < -0.4 is 11.5 Å². The fraction of sp³-hybridized carbons (Fsp3) is 0.167. The molecule has 0 saturated heterocycles. The molecule has 8 nitrogen and oxygen atoms in total. The fourth-order valence-corrected chi connectivity index (χ4v) is 5.73. The summed E-state index contributed by atoms with van der Waals surface area (Å²) in [6.45, 7) is 0.755. The number of nitrogens with zero attached hydrogens (tertiary/aromatic N) is 2. The van der Waals surface area contributed by atoms with E-state index in [0.29, 0.717) is 36.0 Å². The van der Waals surface area contributed by atoms with Crippen molar-refractivity contribution < 1.29 is 10.2 Å². The summed E-state index contributed by atoms with van der Waals surface area (Å²) in [6.07, 6.45) is 8.06. The first kappa shape index (κ1) is 33.1. The lowest BCUT2D eigenvalue weighted by Gasteiger charge is -2.29. The zero-order chi connectivity index (χ0) is 32.6. The quantitative estimate of drug-likeness (QED) is 0.0976. The van der Waals surface area contributed by atoms with E-state index in [1.165, 1.54) is 0 Å². The Labute approximate surface area is 278 Å². The average molecular weight is 656 g/mol. The number of aliphatic hydroxyl groups is 2. The van der Waals surface area contributed by atoms with Gasteiger partial charge in [-0.3, -0.25) is 10.2 Å². The van der Waals surface area contributed by atoms with Crippen LogP contribution in [0.5, 0.6) is 0 Å². The van der Waals surface area contributed by atoms with Crippen LogP contribution in [0, 0.1) is 0 Å². The molecule has 2 aromatic heterocycles. The molecule has 0 aliphatic carbocycles. The first-order chi connectivity index (χ1) is 22.3. The molecule has 0 unspecified atom stereocenters. The van der Waals surface area contributed by atoms with Gasteiger partial charge in [0.25, 0.3) is 0 Å². The van der Waals surface area contributed by atoms with Crippen molar-refractivity contribution >= 4 is 23.2 Å². The summed E-state index contributed by atoms with van der Waals surface area (Å²) in [4.78, 5) is 0. The van der Waals surface area contributed by atoms with Gasteiger partial charge in [-0.1, -0.05) is 96.0 Å². The number of hydrogen-bond acceptors (Lipinski definition) is 6. The van der Waals surface area contributed by atoms with E-state index < -0.39 is 11.2 Å². The zero-order valence-corrected chi connectivity index (χ0v) is 26.6. The zero-order valence-electron chi connectivity index (χ0n) is 25.1. The Morgan fingerprint density at radius 3 is 1.07 bits per heavy atom. The molecule has 0 bridgehead atoms. The lowest BCUT2D eigenvalue weighted by Crippen LogP contribution is -2.30. The minimum absolute atomic E-state index is 0.378. The highest BCUT2D eigenvalue weighted by Crippen LogP contribution is 2.36. The molecular formula is C36H36Cl2N6O2. The van der Waals surface area contributed by atoms with Gasteiger partial charge in [0.2, 0.25) is 0 Å². The molecule has 6 rings (SSSR count). The topological polar surface area (TPSA) is 150 Å². The molecule has 0 fully saturated rings. The minimum atomic E-state index is -1.13. The van der Waals surface area contributed by atoms with Gasteiger partial charge in [-0.05, 0) is 83.6 Å². The van der Waals surface area contributed by atoms with Crippen molar-refractivity contribution in [3.05, 3.63) is 154 Å². The summed E-state index contributed by atoms with van der Waals surface area (Å²) in [5.74, 6) is 0. The van der Waals surface area contributed by atoms with Gasteiger partial charge < -0.3 is 21.7 Å². The Balaban J connectivity index is 0.000000181. The maximum Gasteiger partial charge on any atom is 0.116 e. The number of nitrogens with one attached hydrogen (secondary N) is 2. The summed E-state index contributed by atoms with van der Waals surface area (Å²) in [7, 11) is 0. The largest absolute Gasteiger partial charge is 0.380 e. The maximum absolute atomic E-state index is 11.2. The Kier molecular flexibility index (Phi) is 10.7. The number of nitrogens with two attached hydrogens (primary N) is 2. The molecule has 0 aliphatic heterocycles. The lowest BCUT2D eigenvalue weighted by molar-refractivity contribution is 0.0734. The van der Waals surface area contributed by atoms with Crippen LogP contribution >= 0.6 is 23.2 Å². The standard InChI is InChI=1S/2C18H18ClN3O/c2*19-17-7-5-16(6-8-17)18(23,9-10-20)15-3-1-13(2-4-15)14-11-21-22-12-14/h2*1-8,11-12,23H,9-10,20H2,(H,21,22)/t2*18-/m10/s1. The van der Waals surface area contributed by atoms with Crippen LogP contribution in [0.1, 0.15) is 35.1 Å². The van der Waals surface area contributed by atoms with Crippen molar-refractivity contribution in [3.63, 3.8) is 0 Å². The van der Waals surface area contributed by atoms with Crippen molar-refractivity contribution in [2.45, 2.75) is 24.0 Å². The van der Waals surface area contributed by atoms with Gasteiger partial charge in [-0.25, -0.2) is 0 Å². The fourth-order valence-electron chi connectivity index (χ4n) is 5.47. The number of benzene rings is 4. The molecule has 6 aromatic rings. The Bertz CT molecular complexity index is 1640. The third kappa shape index (κ3) is 7.40. The van der Waals surface area contributed by atoms with E-state index >= 15 is 0 Å². The number of aromatic nitrogens is 4. The van der Waals surface area contributed by atoms with Crippen molar-refractivity contribution in [2.75, 3.05) is 13.1 Å². The van der Waals surface area contributed by atoms with Crippen LogP contribution in [0.25, 0.3) is 22.3 Å². The van der Waals surface area contributed by atoms with E-state index in [-0.39, 0.29) is 0 Å². The molecule has 0 radical (unpaired) electrons. The van der Waals surface area contributed by atoms with E-state index in [9.17, 15) is 10.2 Å². The molecule has 0 saturated carbocycles. The van der Waals surface area contributed by atoms with Crippen LogP contribution in [0.3, 0.4) is 0 Å². The van der Waals surface area contributed by atoms with Crippen LogP contribution in [0.15, 0.2) is 122 Å². The van der Waals surface area contributed by atoms with E-state index in [2.05, 4.69) is 20.4 Å². The highest BCUT2D eigenvalue weighted by Gasteiger charge is 2.31. The SMILES string of the molecule is NCC[C@@](O)(c1ccc(Cl)cc1)c1ccc(-c2cn[nH]c2)cc1.NCC[C@](O)(c1ccc(Cl)cc1)c1ccc(-c2cn[nH]c2)cc1. The second kappa shape index (κ2) is 14.9. The van der Waals surface area contributed by atoms with Crippen molar-refractivity contribution in [2.24, 2.45) is 11.5 Å². The van der Waals surface area contributed by atoms with Crippen LogP contribution in [-0.4, -0.2) is 43.7 Å². The molecule has 4 aromatic carbocycles. The van der Waals surface area contributed by atoms with Crippen LogP contribution in [0.2, 0.25) is 10.0 Å². The molecule has 0 spiro atoms. The second-order valence-electron chi connectivity index (χ2n) is 10.9. The second-order valence-corrected chi connectivity index (χ2v) is 11.8. The molecule has 2 heterocycles. The number of rotatable bonds is 10. The van der Waals surface area contributed by atoms with Gasteiger partial charge in [0.05, 0.1) is 12.4 Å². The van der Waals surface area contributed by atoms with E-state index in [1.54, 1.807) is 36.7 Å². The monoisotopic (exact) mass is 654 g/mol. The van der Waals surface area contributed by atoms with Gasteiger partial charge in [-0.15, -0.1) is 0 Å². The summed E-state index contributed by atoms with van der Waals surface area (Å²) in [5, 5.41) is 37.2. The van der Waals surface area contributed by atoms with Gasteiger partial charge in [0.15, 0.2) is 0 Å². The summed E-state index contributed by atoms with van der Waals surface area (Å²) in [5.41, 5.74) is 16.4. The third-order valence-electron chi connectivity index (χ3n) is 8.04. The van der Waals surface area contributed by atoms with Crippen molar-refractivity contribution in [1.82, 2.24) is 20.4 Å². The molecular weight excluding hydrogens is 619 g/mol. The number of hydrogen-bond donors (Lipinski definition) is 6. The average Bonchev–Trinajstić information content (AvgIpc) is 3.82. The first-order valence-corrected chi connectivity index (χ1v) is 15.6. The van der Waals surface area contributed by atoms with Crippen molar-refractivity contribution in [3.8, 4) is 22.3 Å². The molecule has 46 heavy (non-hydrogen) atoms. The molecule has 8 N–H and O–H groups in total. The van der Waals surface area contributed by atoms with Crippen LogP contribution in [0.4, 0.5) is 0 Å². The van der Waals surface area contributed by atoms with E-state index in [4.69, 9.17) is 34.7 Å². The summed E-state index contributed by atoms with van der Waals surface area (Å²) < 4.78 is 0. The molecule has 236 valence electrons. The van der Waals surface area contributed by atoms with Gasteiger partial charge >= 0.3 is 0 Å². The highest BCUT2D eigenvalue weighted by molar-refractivity contribution is 6.30. The predicted octanol–water partition coefficient (Wildman–Crippen LogP) is 6.63. The molecule has 0 amide bonds. The Hall–Kier alpha value is -4.28. The molecule has 10 heteroatoms. The van der Waals surface area contributed by atoms with Crippen LogP contribution in [-0.2, 0) is 11.2 Å². The van der Waals surface area contributed by atoms with Crippen molar-refractivity contribution in [1.29, 1.82) is 0 Å². The smallest absolute Gasteiger partial charge is 0.116 e. The number of halogens is 2.